The standard InChI is InChI=1S/C29H38ClN2O3/c1-9-29(7)23-18-21(30)14-16-24(23)31(8)26(29)17-13-20-12-15-22(32(10-2)11-3)19-25(20)34-27(33)35-28(4,5)6/h12-19H,9-11H2,1-8H3/q+1. The lowest BCUT2D eigenvalue weighted by Crippen LogP contribution is -2.29. The number of halogens is 1. The van der Waals surface area contributed by atoms with Crippen LogP contribution in [0.15, 0.2) is 42.5 Å². The van der Waals surface area contributed by atoms with Gasteiger partial charge in [-0.1, -0.05) is 18.5 Å². The zero-order chi connectivity index (χ0) is 26.0. The van der Waals surface area contributed by atoms with Crippen molar-refractivity contribution in [1.82, 2.24) is 0 Å². The van der Waals surface area contributed by atoms with E-state index in [0.29, 0.717) is 5.75 Å². The number of ether oxygens (including phenoxy) is 2. The Hall–Kier alpha value is -2.79. The number of fused-ring (bicyclic) bond motifs is 1. The summed E-state index contributed by atoms with van der Waals surface area (Å²) in [6.45, 7) is 15.8. The van der Waals surface area contributed by atoms with Crippen molar-refractivity contribution < 1.29 is 18.8 Å². The van der Waals surface area contributed by atoms with Crippen LogP contribution in [0.3, 0.4) is 0 Å². The molecule has 1 aliphatic rings. The smallest absolute Gasteiger partial charge is 0.428 e. The van der Waals surface area contributed by atoms with Gasteiger partial charge in [-0.2, -0.15) is 4.58 Å². The Morgan fingerprint density at radius 3 is 2.37 bits per heavy atom. The number of carbonyl (C=O) groups is 1. The van der Waals surface area contributed by atoms with E-state index in [-0.39, 0.29) is 5.41 Å². The fourth-order valence-corrected chi connectivity index (χ4v) is 4.78. The SMILES string of the molecule is CCN(CC)c1ccc(/C=C/C2=[N+](C)c3ccc(Cl)cc3C2(C)CC)c(OC(=O)OC(C)(C)C)c1. The molecule has 0 N–H and O–H groups in total. The van der Waals surface area contributed by atoms with Gasteiger partial charge in [0, 0.05) is 53.1 Å². The Bertz CT molecular complexity index is 1160. The monoisotopic (exact) mass is 497 g/mol. The van der Waals surface area contributed by atoms with Crippen LogP contribution in [-0.2, 0) is 10.2 Å². The molecular formula is C29H38ClN2O3+. The highest BCUT2D eigenvalue weighted by atomic mass is 35.5. The summed E-state index contributed by atoms with van der Waals surface area (Å²) >= 11 is 6.35. The van der Waals surface area contributed by atoms with Gasteiger partial charge in [0.05, 0.1) is 5.41 Å². The summed E-state index contributed by atoms with van der Waals surface area (Å²) in [6.07, 6.45) is 4.34. The van der Waals surface area contributed by atoms with Crippen molar-refractivity contribution >= 4 is 40.9 Å². The van der Waals surface area contributed by atoms with Gasteiger partial charge in [-0.3, -0.25) is 0 Å². The van der Waals surface area contributed by atoms with E-state index in [2.05, 4.69) is 68.5 Å². The molecular weight excluding hydrogens is 460 g/mol. The molecule has 3 rings (SSSR count). The number of anilines is 1. The van der Waals surface area contributed by atoms with Gasteiger partial charge in [0.1, 0.15) is 18.4 Å². The second-order valence-electron chi connectivity index (χ2n) is 10.1. The van der Waals surface area contributed by atoms with Gasteiger partial charge >= 0.3 is 6.16 Å². The molecule has 0 saturated heterocycles. The molecule has 2 aromatic carbocycles. The first kappa shape index (κ1) is 26.8. The Morgan fingerprint density at radius 2 is 1.77 bits per heavy atom. The van der Waals surface area contributed by atoms with Gasteiger partial charge in [0.25, 0.3) is 0 Å². The predicted molar refractivity (Wildman–Crippen MR) is 146 cm³/mol. The summed E-state index contributed by atoms with van der Waals surface area (Å²) < 4.78 is 13.4. The van der Waals surface area contributed by atoms with Crippen LogP contribution in [0.4, 0.5) is 16.2 Å². The van der Waals surface area contributed by atoms with Crippen molar-refractivity contribution in [2.45, 2.75) is 65.9 Å². The van der Waals surface area contributed by atoms with Gasteiger partial charge in [-0.25, -0.2) is 4.79 Å². The molecule has 0 fully saturated rings. The third kappa shape index (κ3) is 5.72. The van der Waals surface area contributed by atoms with Crippen molar-refractivity contribution in [1.29, 1.82) is 0 Å². The van der Waals surface area contributed by atoms with Gasteiger partial charge < -0.3 is 14.4 Å². The van der Waals surface area contributed by atoms with Crippen LogP contribution in [-0.4, -0.2) is 42.2 Å². The minimum atomic E-state index is -0.713. The lowest BCUT2D eigenvalue weighted by molar-refractivity contribution is -0.401. The van der Waals surface area contributed by atoms with E-state index >= 15 is 0 Å². The summed E-state index contributed by atoms with van der Waals surface area (Å²) in [5.41, 5.74) is 4.52. The zero-order valence-corrected chi connectivity index (χ0v) is 23.0. The van der Waals surface area contributed by atoms with E-state index in [1.54, 1.807) is 0 Å². The van der Waals surface area contributed by atoms with Crippen molar-refractivity contribution in [3.05, 3.63) is 58.6 Å². The molecule has 0 aliphatic carbocycles. The maximum absolute atomic E-state index is 12.5. The van der Waals surface area contributed by atoms with Crippen molar-refractivity contribution in [3.8, 4) is 5.75 Å². The largest absolute Gasteiger partial charge is 0.514 e. The van der Waals surface area contributed by atoms with Crippen LogP contribution >= 0.6 is 11.6 Å². The van der Waals surface area contributed by atoms with Gasteiger partial charge in [0.15, 0.2) is 5.71 Å². The number of allylic oxidation sites excluding steroid dienone is 1. The number of hydrogen-bond acceptors (Lipinski definition) is 4. The first-order chi connectivity index (χ1) is 16.4. The molecule has 5 nitrogen and oxygen atoms in total. The van der Waals surface area contributed by atoms with Crippen LogP contribution in [0.25, 0.3) is 6.08 Å². The molecule has 35 heavy (non-hydrogen) atoms. The lowest BCUT2D eigenvalue weighted by atomic mass is 9.77. The topological polar surface area (TPSA) is 41.8 Å². The predicted octanol–water partition coefficient (Wildman–Crippen LogP) is 7.61. The molecule has 0 spiro atoms. The van der Waals surface area contributed by atoms with Gasteiger partial charge in [0.2, 0.25) is 5.69 Å². The van der Waals surface area contributed by atoms with E-state index < -0.39 is 11.8 Å². The Kier molecular flexibility index (Phi) is 8.00. The number of nitrogens with zero attached hydrogens (tertiary/aromatic N) is 2. The fraction of sp³-hybridized carbons (Fsp3) is 0.448. The molecule has 0 bridgehead atoms. The minimum absolute atomic E-state index is 0.182. The molecule has 1 heterocycles. The molecule has 1 aliphatic heterocycles. The summed E-state index contributed by atoms with van der Waals surface area (Å²) in [5.74, 6) is 0.472. The highest BCUT2D eigenvalue weighted by molar-refractivity contribution is 6.30. The third-order valence-electron chi connectivity index (χ3n) is 6.68. The number of hydrogen-bond donors (Lipinski definition) is 0. The number of carbonyl (C=O) groups excluding carboxylic acids is 1. The average Bonchev–Trinajstić information content (AvgIpc) is 2.99. The van der Waals surface area contributed by atoms with E-state index in [9.17, 15) is 4.79 Å². The van der Waals surface area contributed by atoms with Crippen LogP contribution in [0.2, 0.25) is 5.02 Å². The van der Waals surface area contributed by atoms with Crippen LogP contribution in [0, 0.1) is 0 Å². The van der Waals surface area contributed by atoms with Gasteiger partial charge in [-0.15, -0.1) is 0 Å². The Labute approximate surface area is 215 Å². The van der Waals surface area contributed by atoms with Gasteiger partial charge in [-0.05, 0) is 78.3 Å². The Morgan fingerprint density at radius 1 is 1.09 bits per heavy atom. The summed E-state index contributed by atoms with van der Waals surface area (Å²) in [4.78, 5) is 14.7. The highest BCUT2D eigenvalue weighted by Crippen LogP contribution is 2.43. The summed E-state index contributed by atoms with van der Waals surface area (Å²) in [7, 11) is 2.08. The molecule has 0 saturated carbocycles. The molecule has 0 amide bonds. The number of benzene rings is 2. The molecule has 2 aromatic rings. The zero-order valence-electron chi connectivity index (χ0n) is 22.2. The molecule has 1 unspecified atom stereocenters. The van der Waals surface area contributed by atoms with E-state index in [1.807, 2.05) is 45.0 Å². The first-order valence-corrected chi connectivity index (χ1v) is 12.7. The lowest BCUT2D eigenvalue weighted by Gasteiger charge is -2.23. The highest BCUT2D eigenvalue weighted by Gasteiger charge is 2.45. The van der Waals surface area contributed by atoms with Crippen molar-refractivity contribution in [2.75, 3.05) is 25.0 Å². The van der Waals surface area contributed by atoms with Crippen molar-refractivity contribution in [2.24, 2.45) is 0 Å². The van der Waals surface area contributed by atoms with Crippen molar-refractivity contribution in [3.63, 3.8) is 0 Å². The molecule has 0 aromatic heterocycles. The van der Waals surface area contributed by atoms with E-state index in [4.69, 9.17) is 21.1 Å². The van der Waals surface area contributed by atoms with Crippen LogP contribution < -0.4 is 9.64 Å². The molecule has 6 heteroatoms. The Balaban J connectivity index is 2.03. The normalized spacial score (nSPS) is 17.6. The maximum atomic E-state index is 12.5. The second kappa shape index (κ2) is 10.4. The fourth-order valence-electron chi connectivity index (χ4n) is 4.61. The third-order valence-corrected chi connectivity index (χ3v) is 6.91. The summed E-state index contributed by atoms with van der Waals surface area (Å²) in [5, 5.41) is 0.738. The second-order valence-corrected chi connectivity index (χ2v) is 10.5. The van der Waals surface area contributed by atoms with Crippen LogP contribution in [0.5, 0.6) is 5.75 Å². The average molecular weight is 498 g/mol. The maximum Gasteiger partial charge on any atom is 0.514 e. The molecule has 0 radical (unpaired) electrons. The van der Waals surface area contributed by atoms with E-state index in [0.717, 1.165) is 47.2 Å². The van der Waals surface area contributed by atoms with Crippen LogP contribution in [0.1, 0.15) is 66.0 Å². The molecule has 1 atom stereocenters. The minimum Gasteiger partial charge on any atom is -0.428 e. The first-order valence-electron chi connectivity index (χ1n) is 12.3. The molecule has 188 valence electrons. The quantitative estimate of drug-likeness (QED) is 0.224. The number of rotatable bonds is 7. The summed E-state index contributed by atoms with van der Waals surface area (Å²) in [6, 6.07) is 12.0. The van der Waals surface area contributed by atoms with E-state index in [1.165, 1.54) is 5.56 Å².